The van der Waals surface area contributed by atoms with Crippen LogP contribution in [0.5, 0.6) is 0 Å². The van der Waals surface area contributed by atoms with E-state index >= 15 is 0 Å². The summed E-state index contributed by atoms with van der Waals surface area (Å²) in [5.74, 6) is 0. The molecule has 0 bridgehead atoms. The van der Waals surface area contributed by atoms with Gasteiger partial charge in [0.2, 0.25) is 0 Å². The van der Waals surface area contributed by atoms with Gasteiger partial charge < -0.3 is 40.5 Å². The molecule has 0 amide bonds. The first-order valence-corrected chi connectivity index (χ1v) is 5.37. The summed E-state index contributed by atoms with van der Waals surface area (Å²) in [6, 6.07) is 0. The molecule has 9 heteroatoms. The minimum atomic E-state index is -1.79. The third-order valence-corrected chi connectivity index (χ3v) is 1.42. The first-order valence-electron chi connectivity index (χ1n) is 5.37. The third kappa shape index (κ3) is 17.7. The predicted molar refractivity (Wildman–Crippen MR) is 73.1 cm³/mol. The van der Waals surface area contributed by atoms with Gasteiger partial charge in [0.15, 0.2) is 6.29 Å². The lowest BCUT2D eigenvalue weighted by molar-refractivity contribution is -0.136. The maximum absolute atomic E-state index is 9.90. The number of carbonyl (C=O) groups is 1. The Hall–Kier alpha value is -0.260. The van der Waals surface area contributed by atoms with Crippen molar-refractivity contribution in [2.45, 2.75) is 38.3 Å². The van der Waals surface area contributed by atoms with Crippen molar-refractivity contribution in [1.82, 2.24) is 0 Å². The fourth-order valence-corrected chi connectivity index (χ4v) is 0.618. The van der Waals surface area contributed by atoms with E-state index in [-0.39, 0.29) is 33.0 Å². The van der Waals surface area contributed by atoms with Crippen molar-refractivity contribution in [3.8, 4) is 0 Å². The van der Waals surface area contributed by atoms with Gasteiger partial charge in [-0.15, -0.1) is 0 Å². The molecule has 0 fully saturated rings. The number of rotatable bonds is 5. The molecule has 7 N–H and O–H groups in total. The number of carbonyl (C=O) groups excluding carboxylic acids is 1. The van der Waals surface area contributed by atoms with E-state index in [4.69, 9.17) is 35.7 Å². The Morgan fingerprint density at radius 2 is 1.21 bits per heavy atom. The molecule has 0 radical (unpaired) electrons. The van der Waals surface area contributed by atoms with Gasteiger partial charge in [-0.2, -0.15) is 13.5 Å². The van der Waals surface area contributed by atoms with Crippen LogP contribution in [0.2, 0.25) is 0 Å². The zero-order valence-electron chi connectivity index (χ0n) is 11.0. The SMILES string of the molecule is CCO.CCO.O=CC(O)C(O)C(O)C(O)CO.S. The van der Waals surface area contributed by atoms with Gasteiger partial charge >= 0.3 is 0 Å². The van der Waals surface area contributed by atoms with E-state index in [1.165, 1.54) is 0 Å². The fraction of sp³-hybridized carbons (Fsp3) is 0.900. The van der Waals surface area contributed by atoms with E-state index in [0.29, 0.717) is 0 Å². The molecule has 0 aliphatic rings. The maximum atomic E-state index is 9.90. The molecule has 0 heterocycles. The Kier molecular flexibility index (Phi) is 28.7. The van der Waals surface area contributed by atoms with Crippen molar-refractivity contribution < 1.29 is 40.5 Å². The lowest BCUT2D eigenvalue weighted by atomic mass is 10.0. The van der Waals surface area contributed by atoms with Gasteiger partial charge in [-0.25, -0.2) is 0 Å². The Labute approximate surface area is 119 Å². The molecule has 0 saturated heterocycles. The van der Waals surface area contributed by atoms with Gasteiger partial charge in [0, 0.05) is 13.2 Å². The molecule has 0 rings (SSSR count). The van der Waals surface area contributed by atoms with Gasteiger partial charge in [0.05, 0.1) is 6.61 Å². The summed E-state index contributed by atoms with van der Waals surface area (Å²) in [6.07, 6.45) is -6.84. The second kappa shape index (κ2) is 20.1. The fourth-order valence-electron chi connectivity index (χ4n) is 0.618. The van der Waals surface area contributed by atoms with Crippen molar-refractivity contribution in [2.75, 3.05) is 19.8 Å². The summed E-state index contributed by atoms with van der Waals surface area (Å²) >= 11 is 0. The van der Waals surface area contributed by atoms with Crippen molar-refractivity contribution in [3.63, 3.8) is 0 Å². The standard InChI is InChI=1S/C6H12O6.2C2H6O.H2S/c7-1-3(9)5(11)6(12)4(10)2-8;2*1-2-3;/h1,3-6,8-12H,2H2;2*3H,2H2,1H3;1H2. The van der Waals surface area contributed by atoms with Gasteiger partial charge in [-0.05, 0) is 13.8 Å². The Morgan fingerprint density at radius 3 is 1.42 bits per heavy atom. The van der Waals surface area contributed by atoms with E-state index in [1.54, 1.807) is 13.8 Å². The minimum Gasteiger partial charge on any atom is -0.397 e. The highest BCUT2D eigenvalue weighted by atomic mass is 32.1. The van der Waals surface area contributed by atoms with Crippen LogP contribution in [0.25, 0.3) is 0 Å². The molecule has 0 spiro atoms. The van der Waals surface area contributed by atoms with Crippen molar-refractivity contribution >= 4 is 19.8 Å². The number of aldehydes is 1. The summed E-state index contributed by atoms with van der Waals surface area (Å²) in [5, 5.41) is 58.7. The summed E-state index contributed by atoms with van der Waals surface area (Å²) in [6.45, 7) is 3.10. The van der Waals surface area contributed by atoms with Crippen molar-refractivity contribution in [2.24, 2.45) is 0 Å². The molecule has 120 valence electrons. The molecular formula is C10H26O8S. The monoisotopic (exact) mass is 306 g/mol. The average Bonchev–Trinajstić information content (AvgIpc) is 2.36. The first kappa shape index (κ1) is 27.1. The Morgan fingerprint density at radius 1 is 0.895 bits per heavy atom. The zero-order valence-corrected chi connectivity index (χ0v) is 12.0. The number of aliphatic hydroxyl groups is 7. The van der Waals surface area contributed by atoms with Crippen LogP contribution in [0, 0.1) is 0 Å². The summed E-state index contributed by atoms with van der Waals surface area (Å²) in [7, 11) is 0. The summed E-state index contributed by atoms with van der Waals surface area (Å²) < 4.78 is 0. The number of hydrogen-bond donors (Lipinski definition) is 7. The number of aliphatic hydroxyl groups excluding tert-OH is 7. The quantitative estimate of drug-likeness (QED) is 0.261. The molecule has 0 aromatic carbocycles. The molecule has 8 nitrogen and oxygen atoms in total. The van der Waals surface area contributed by atoms with Crippen LogP contribution in [0.4, 0.5) is 0 Å². The summed E-state index contributed by atoms with van der Waals surface area (Å²) in [4.78, 5) is 9.90. The van der Waals surface area contributed by atoms with Crippen LogP contribution >= 0.6 is 13.5 Å². The van der Waals surface area contributed by atoms with Crippen LogP contribution in [-0.2, 0) is 4.79 Å². The van der Waals surface area contributed by atoms with E-state index in [1.807, 2.05) is 0 Å². The molecule has 0 aromatic rings. The molecule has 4 atom stereocenters. The highest BCUT2D eigenvalue weighted by molar-refractivity contribution is 7.59. The van der Waals surface area contributed by atoms with Crippen molar-refractivity contribution in [1.29, 1.82) is 0 Å². The number of hydrogen-bond acceptors (Lipinski definition) is 8. The molecule has 0 aromatic heterocycles. The summed E-state index contributed by atoms with van der Waals surface area (Å²) in [5.41, 5.74) is 0. The second-order valence-electron chi connectivity index (χ2n) is 2.99. The van der Waals surface area contributed by atoms with E-state index < -0.39 is 31.0 Å². The maximum Gasteiger partial charge on any atom is 0.151 e. The molecular weight excluding hydrogens is 280 g/mol. The van der Waals surface area contributed by atoms with E-state index in [9.17, 15) is 4.79 Å². The highest BCUT2D eigenvalue weighted by Gasteiger charge is 2.29. The molecule has 4 unspecified atom stereocenters. The predicted octanol–water partition coefficient (Wildman–Crippen LogP) is -3.27. The Bertz CT molecular complexity index is 170. The van der Waals surface area contributed by atoms with Gasteiger partial charge in [-0.1, -0.05) is 0 Å². The zero-order chi connectivity index (χ0) is 15.1. The second-order valence-corrected chi connectivity index (χ2v) is 2.99. The average molecular weight is 306 g/mol. The van der Waals surface area contributed by atoms with Crippen molar-refractivity contribution in [3.05, 3.63) is 0 Å². The first-order chi connectivity index (χ1) is 8.37. The van der Waals surface area contributed by atoms with E-state index in [2.05, 4.69) is 0 Å². The van der Waals surface area contributed by atoms with Crippen LogP contribution in [0.15, 0.2) is 0 Å². The van der Waals surface area contributed by atoms with Gasteiger partial charge in [0.25, 0.3) is 0 Å². The van der Waals surface area contributed by atoms with Gasteiger partial charge in [-0.3, -0.25) is 0 Å². The highest BCUT2D eigenvalue weighted by Crippen LogP contribution is 2.02. The lowest BCUT2D eigenvalue weighted by Crippen LogP contribution is -2.46. The third-order valence-electron chi connectivity index (χ3n) is 1.42. The molecule has 19 heavy (non-hydrogen) atoms. The largest absolute Gasteiger partial charge is 0.397 e. The molecule has 0 aliphatic carbocycles. The topological polar surface area (TPSA) is 159 Å². The smallest absolute Gasteiger partial charge is 0.151 e. The minimum absolute atomic E-state index is 0. The molecule has 0 aliphatic heterocycles. The normalized spacial score (nSPS) is 15.2. The van der Waals surface area contributed by atoms with Crippen LogP contribution in [0.1, 0.15) is 13.8 Å². The van der Waals surface area contributed by atoms with E-state index in [0.717, 1.165) is 0 Å². The van der Waals surface area contributed by atoms with Gasteiger partial charge in [0.1, 0.15) is 24.4 Å². The van der Waals surface area contributed by atoms with Crippen LogP contribution in [-0.4, -0.2) is 86.3 Å². The Balaban J connectivity index is -0.000000137. The lowest BCUT2D eigenvalue weighted by Gasteiger charge is -2.22. The van der Waals surface area contributed by atoms with Crippen LogP contribution < -0.4 is 0 Å². The molecule has 0 saturated carbocycles. The van der Waals surface area contributed by atoms with Crippen LogP contribution in [0.3, 0.4) is 0 Å².